The molecule has 1 aliphatic carbocycles. The van der Waals surface area contributed by atoms with Gasteiger partial charge in [-0.05, 0) is 0 Å². The molecule has 0 saturated heterocycles. The minimum absolute atomic E-state index is 0.426. The number of thiocarbonyl (C=S) groups is 1. The molecule has 0 aromatic heterocycles. The Bertz CT molecular complexity index is 386. The number of nitrogens with zero attached hydrogens (tertiary/aromatic N) is 1. The van der Waals surface area contributed by atoms with Crippen molar-refractivity contribution in [3.8, 4) is 0 Å². The quantitative estimate of drug-likeness (QED) is 0.361. The SMILES string of the molecule is S=C=N[C@@H]1CCCCC[C@H]1[Se]c1ccccc1. The minimum atomic E-state index is 0.426. The second kappa shape index (κ2) is 7.08. The summed E-state index contributed by atoms with van der Waals surface area (Å²) in [6.45, 7) is 0. The third kappa shape index (κ3) is 4.04. The van der Waals surface area contributed by atoms with E-state index in [1.165, 1.54) is 36.6 Å². The molecular weight excluding hydrogens is 293 g/mol. The van der Waals surface area contributed by atoms with Crippen molar-refractivity contribution in [3.05, 3.63) is 30.3 Å². The van der Waals surface area contributed by atoms with Crippen molar-refractivity contribution < 1.29 is 0 Å². The van der Waals surface area contributed by atoms with E-state index in [2.05, 4.69) is 40.5 Å². The van der Waals surface area contributed by atoms with Gasteiger partial charge in [0.1, 0.15) is 0 Å². The predicted octanol–water partition coefficient (Wildman–Crippen LogP) is 3.24. The van der Waals surface area contributed by atoms with E-state index in [1.807, 2.05) is 0 Å². The van der Waals surface area contributed by atoms with Crippen molar-refractivity contribution in [2.45, 2.75) is 43.0 Å². The van der Waals surface area contributed by atoms with Crippen LogP contribution in [0.2, 0.25) is 4.82 Å². The maximum absolute atomic E-state index is 4.78. The van der Waals surface area contributed by atoms with Crippen LogP contribution in [0.15, 0.2) is 35.3 Å². The number of benzene rings is 1. The first-order valence-electron chi connectivity index (χ1n) is 6.19. The standard InChI is InChI=1S/C14H17NSSe/c16-11-15-13-9-5-2-6-10-14(13)17-12-7-3-1-4-8-12/h1,3-4,7-8,13-14H,2,5-6,9-10H2/t13-,14-/m1/s1. The van der Waals surface area contributed by atoms with Gasteiger partial charge in [0, 0.05) is 0 Å². The van der Waals surface area contributed by atoms with Gasteiger partial charge in [0.2, 0.25) is 0 Å². The van der Waals surface area contributed by atoms with Crippen LogP contribution in [0.25, 0.3) is 0 Å². The van der Waals surface area contributed by atoms with Gasteiger partial charge in [-0.1, -0.05) is 0 Å². The summed E-state index contributed by atoms with van der Waals surface area (Å²) in [5.74, 6) is 0. The van der Waals surface area contributed by atoms with Crippen LogP contribution in [0.3, 0.4) is 0 Å². The third-order valence-electron chi connectivity index (χ3n) is 3.17. The molecule has 1 saturated carbocycles. The molecule has 0 aliphatic heterocycles. The van der Waals surface area contributed by atoms with E-state index in [0.29, 0.717) is 25.8 Å². The molecule has 0 heterocycles. The van der Waals surface area contributed by atoms with Gasteiger partial charge in [-0.3, -0.25) is 0 Å². The Morgan fingerprint density at radius 1 is 1.12 bits per heavy atom. The fourth-order valence-corrected chi connectivity index (χ4v) is 5.15. The molecule has 1 aromatic carbocycles. The molecule has 1 aromatic rings. The zero-order chi connectivity index (χ0) is 11.9. The molecule has 90 valence electrons. The van der Waals surface area contributed by atoms with Gasteiger partial charge in [0.15, 0.2) is 0 Å². The van der Waals surface area contributed by atoms with Crippen LogP contribution in [0, 0.1) is 0 Å². The van der Waals surface area contributed by atoms with E-state index in [4.69, 9.17) is 12.2 Å². The molecule has 2 atom stereocenters. The van der Waals surface area contributed by atoms with E-state index >= 15 is 0 Å². The summed E-state index contributed by atoms with van der Waals surface area (Å²) in [6, 6.07) is 11.2. The Morgan fingerprint density at radius 3 is 2.65 bits per heavy atom. The number of isothiocyanates is 1. The van der Waals surface area contributed by atoms with Gasteiger partial charge in [-0.25, -0.2) is 0 Å². The van der Waals surface area contributed by atoms with E-state index in [1.54, 1.807) is 0 Å². The number of hydrogen-bond acceptors (Lipinski definition) is 2. The Morgan fingerprint density at radius 2 is 1.88 bits per heavy atom. The first-order valence-corrected chi connectivity index (χ1v) is 8.44. The van der Waals surface area contributed by atoms with Crippen molar-refractivity contribution in [3.63, 3.8) is 0 Å². The van der Waals surface area contributed by atoms with Gasteiger partial charge in [-0.15, -0.1) is 0 Å². The average molecular weight is 310 g/mol. The Kier molecular flexibility index (Phi) is 5.41. The van der Waals surface area contributed by atoms with E-state index in [-0.39, 0.29) is 0 Å². The van der Waals surface area contributed by atoms with Gasteiger partial charge in [-0.2, -0.15) is 0 Å². The van der Waals surface area contributed by atoms with Gasteiger partial charge < -0.3 is 0 Å². The second-order valence-corrected chi connectivity index (χ2v) is 7.33. The normalized spacial score (nSPS) is 24.7. The first-order chi connectivity index (χ1) is 8.40. The molecular formula is C14H17NSSe. The van der Waals surface area contributed by atoms with Crippen molar-refractivity contribution in [2.24, 2.45) is 4.99 Å². The van der Waals surface area contributed by atoms with Crippen LogP contribution in [0.4, 0.5) is 0 Å². The number of aliphatic imine (C=N–C) groups is 1. The zero-order valence-corrected chi connectivity index (χ0v) is 12.4. The molecule has 0 amide bonds. The summed E-state index contributed by atoms with van der Waals surface area (Å²) in [5.41, 5.74) is 0. The van der Waals surface area contributed by atoms with Crippen molar-refractivity contribution >= 4 is 36.8 Å². The van der Waals surface area contributed by atoms with Crippen LogP contribution in [0.5, 0.6) is 0 Å². The molecule has 0 unspecified atom stereocenters. The Labute approximate surface area is 115 Å². The van der Waals surface area contributed by atoms with E-state index in [9.17, 15) is 0 Å². The molecule has 1 fully saturated rings. The predicted molar refractivity (Wildman–Crippen MR) is 77.5 cm³/mol. The Hall–Kier alpha value is -0.461. The fourth-order valence-electron chi connectivity index (χ4n) is 2.28. The molecule has 1 aliphatic rings. The summed E-state index contributed by atoms with van der Waals surface area (Å²) < 4.78 is 1.48. The summed E-state index contributed by atoms with van der Waals surface area (Å²) in [5, 5.41) is 2.60. The van der Waals surface area contributed by atoms with Crippen LogP contribution in [0.1, 0.15) is 32.1 Å². The molecule has 17 heavy (non-hydrogen) atoms. The molecule has 0 radical (unpaired) electrons. The molecule has 0 N–H and O–H groups in total. The molecule has 1 nitrogen and oxygen atoms in total. The summed E-state index contributed by atoms with van der Waals surface area (Å²) in [6.07, 6.45) is 6.50. The molecule has 3 heteroatoms. The van der Waals surface area contributed by atoms with Gasteiger partial charge in [0.25, 0.3) is 0 Å². The summed E-state index contributed by atoms with van der Waals surface area (Å²) >= 11 is 5.30. The van der Waals surface area contributed by atoms with E-state index in [0.717, 1.165) is 0 Å². The molecule has 2 rings (SSSR count). The molecule has 0 bridgehead atoms. The van der Waals surface area contributed by atoms with Crippen molar-refractivity contribution in [2.75, 3.05) is 0 Å². The number of rotatable bonds is 3. The van der Waals surface area contributed by atoms with Crippen LogP contribution in [-0.2, 0) is 0 Å². The molecule has 0 spiro atoms. The summed E-state index contributed by atoms with van der Waals surface area (Å²) in [4.78, 5) is 5.11. The summed E-state index contributed by atoms with van der Waals surface area (Å²) in [7, 11) is 0. The van der Waals surface area contributed by atoms with Crippen LogP contribution < -0.4 is 4.46 Å². The maximum atomic E-state index is 4.78. The van der Waals surface area contributed by atoms with Crippen LogP contribution >= 0.6 is 12.2 Å². The van der Waals surface area contributed by atoms with Crippen molar-refractivity contribution in [1.29, 1.82) is 0 Å². The zero-order valence-electron chi connectivity index (χ0n) is 9.84. The van der Waals surface area contributed by atoms with Crippen molar-refractivity contribution in [1.82, 2.24) is 0 Å². The Balaban J connectivity index is 2.07. The number of hydrogen-bond donors (Lipinski definition) is 0. The first kappa shape index (κ1) is 13.0. The monoisotopic (exact) mass is 311 g/mol. The fraction of sp³-hybridized carbons (Fsp3) is 0.500. The van der Waals surface area contributed by atoms with E-state index < -0.39 is 0 Å². The van der Waals surface area contributed by atoms with Crippen LogP contribution in [-0.4, -0.2) is 26.2 Å². The topological polar surface area (TPSA) is 12.4 Å². The average Bonchev–Trinajstić information content (AvgIpc) is 2.57. The third-order valence-corrected chi connectivity index (χ3v) is 6.20. The van der Waals surface area contributed by atoms with Gasteiger partial charge >= 0.3 is 115 Å². The van der Waals surface area contributed by atoms with Gasteiger partial charge in [0.05, 0.1) is 0 Å². The second-order valence-electron chi connectivity index (χ2n) is 4.40.